The Morgan fingerprint density at radius 2 is 2.05 bits per heavy atom. The van der Waals surface area contributed by atoms with Crippen LogP contribution in [0.5, 0.6) is 11.5 Å². The van der Waals surface area contributed by atoms with Gasteiger partial charge in [0.15, 0.2) is 0 Å². The van der Waals surface area contributed by atoms with E-state index in [4.69, 9.17) is 15.2 Å². The Hall–Kier alpha value is -2.08. The van der Waals surface area contributed by atoms with Crippen LogP contribution >= 0.6 is 0 Å². The normalized spacial score (nSPS) is 10.9. The summed E-state index contributed by atoms with van der Waals surface area (Å²) in [7, 11) is 1.63. The fourth-order valence-corrected chi connectivity index (χ4v) is 2.02. The molecule has 6 heteroatoms. The van der Waals surface area contributed by atoms with Crippen LogP contribution in [0.2, 0.25) is 0 Å². The second kappa shape index (κ2) is 7.08. The monoisotopic (exact) mass is 290 g/mol. The molecule has 6 nitrogen and oxygen atoms in total. The van der Waals surface area contributed by atoms with Crippen molar-refractivity contribution in [1.29, 1.82) is 0 Å². The van der Waals surface area contributed by atoms with Crippen molar-refractivity contribution in [3.63, 3.8) is 0 Å². The zero-order valence-electron chi connectivity index (χ0n) is 12.7. The lowest BCUT2D eigenvalue weighted by Gasteiger charge is -2.11. The maximum atomic E-state index is 5.82. The van der Waals surface area contributed by atoms with E-state index in [9.17, 15) is 0 Å². The highest BCUT2D eigenvalue weighted by Crippen LogP contribution is 2.20. The van der Waals surface area contributed by atoms with Crippen LogP contribution in [0.1, 0.15) is 25.2 Å². The summed E-state index contributed by atoms with van der Waals surface area (Å²) in [6.45, 7) is 5.81. The molecule has 114 valence electrons. The van der Waals surface area contributed by atoms with Gasteiger partial charge in [0.2, 0.25) is 0 Å². The number of rotatable bonds is 7. The van der Waals surface area contributed by atoms with E-state index in [1.807, 2.05) is 28.9 Å². The summed E-state index contributed by atoms with van der Waals surface area (Å²) < 4.78 is 12.9. The molecular formula is C15H22N4O2. The SMILES string of the molecule is COc1cccc(OCc2c(CN)nnn2CC(C)C)c1. The van der Waals surface area contributed by atoms with Gasteiger partial charge in [-0.05, 0) is 18.1 Å². The lowest BCUT2D eigenvalue weighted by Crippen LogP contribution is -2.13. The van der Waals surface area contributed by atoms with Crippen molar-refractivity contribution < 1.29 is 9.47 Å². The van der Waals surface area contributed by atoms with Gasteiger partial charge in [0.1, 0.15) is 29.5 Å². The second-order valence-electron chi connectivity index (χ2n) is 5.23. The Morgan fingerprint density at radius 3 is 2.71 bits per heavy atom. The average molecular weight is 290 g/mol. The molecule has 0 fully saturated rings. The molecule has 0 spiro atoms. The molecular weight excluding hydrogens is 268 g/mol. The zero-order valence-corrected chi connectivity index (χ0v) is 12.7. The highest BCUT2D eigenvalue weighted by molar-refractivity contribution is 5.33. The first kappa shape index (κ1) is 15.3. The van der Waals surface area contributed by atoms with E-state index >= 15 is 0 Å². The third kappa shape index (κ3) is 3.95. The molecule has 2 aromatic rings. The Balaban J connectivity index is 2.12. The number of nitrogens with two attached hydrogens (primary N) is 1. The van der Waals surface area contributed by atoms with Crippen LogP contribution in [0.3, 0.4) is 0 Å². The Labute approximate surface area is 124 Å². The van der Waals surface area contributed by atoms with E-state index in [0.29, 0.717) is 19.1 Å². The molecule has 0 aliphatic heterocycles. The first-order chi connectivity index (χ1) is 10.1. The summed E-state index contributed by atoms with van der Waals surface area (Å²) in [5.74, 6) is 1.99. The first-order valence-corrected chi connectivity index (χ1v) is 7.02. The molecule has 0 saturated carbocycles. The van der Waals surface area contributed by atoms with Crippen LogP contribution in [0.25, 0.3) is 0 Å². The van der Waals surface area contributed by atoms with E-state index < -0.39 is 0 Å². The van der Waals surface area contributed by atoms with Crippen LogP contribution in [-0.2, 0) is 19.7 Å². The van der Waals surface area contributed by atoms with E-state index in [2.05, 4.69) is 24.2 Å². The van der Waals surface area contributed by atoms with Gasteiger partial charge in [0.25, 0.3) is 0 Å². The maximum Gasteiger partial charge on any atom is 0.132 e. The van der Waals surface area contributed by atoms with E-state index in [1.54, 1.807) is 7.11 Å². The van der Waals surface area contributed by atoms with Gasteiger partial charge in [0.05, 0.1) is 7.11 Å². The fraction of sp³-hybridized carbons (Fsp3) is 0.467. The Kier molecular flexibility index (Phi) is 5.16. The van der Waals surface area contributed by atoms with Crippen molar-refractivity contribution in [2.75, 3.05) is 7.11 Å². The van der Waals surface area contributed by atoms with Gasteiger partial charge >= 0.3 is 0 Å². The van der Waals surface area contributed by atoms with Crippen molar-refractivity contribution in [2.45, 2.75) is 33.5 Å². The lowest BCUT2D eigenvalue weighted by molar-refractivity contribution is 0.284. The van der Waals surface area contributed by atoms with Crippen LogP contribution in [0, 0.1) is 5.92 Å². The van der Waals surface area contributed by atoms with E-state index in [-0.39, 0.29) is 0 Å². The van der Waals surface area contributed by atoms with Crippen LogP contribution < -0.4 is 15.2 Å². The summed E-state index contributed by atoms with van der Waals surface area (Å²) >= 11 is 0. The van der Waals surface area contributed by atoms with Gasteiger partial charge in [-0.3, -0.25) is 0 Å². The molecule has 2 N–H and O–H groups in total. The molecule has 0 atom stereocenters. The molecule has 0 amide bonds. The number of benzene rings is 1. The van der Waals surface area contributed by atoms with Crippen molar-refractivity contribution in [3.05, 3.63) is 35.7 Å². The summed E-state index contributed by atoms with van der Waals surface area (Å²) in [5.41, 5.74) is 7.42. The smallest absolute Gasteiger partial charge is 0.132 e. The summed E-state index contributed by atoms with van der Waals surface area (Å²) in [6.07, 6.45) is 0. The molecule has 0 radical (unpaired) electrons. The number of nitrogens with zero attached hydrogens (tertiary/aromatic N) is 3. The van der Waals surface area contributed by atoms with Crippen molar-refractivity contribution >= 4 is 0 Å². The molecule has 1 aromatic heterocycles. The van der Waals surface area contributed by atoms with E-state index in [1.165, 1.54) is 0 Å². The number of hydrogen-bond acceptors (Lipinski definition) is 5. The highest BCUT2D eigenvalue weighted by atomic mass is 16.5. The summed E-state index contributed by atoms with van der Waals surface area (Å²) in [6, 6.07) is 7.50. The number of aromatic nitrogens is 3. The maximum absolute atomic E-state index is 5.82. The number of ether oxygens (including phenoxy) is 2. The summed E-state index contributed by atoms with van der Waals surface area (Å²) in [4.78, 5) is 0. The number of hydrogen-bond donors (Lipinski definition) is 1. The van der Waals surface area contributed by atoms with Crippen LogP contribution in [0.15, 0.2) is 24.3 Å². The predicted molar refractivity (Wildman–Crippen MR) is 80.1 cm³/mol. The van der Waals surface area contributed by atoms with Gasteiger partial charge in [-0.1, -0.05) is 25.1 Å². The molecule has 0 unspecified atom stereocenters. The van der Waals surface area contributed by atoms with Gasteiger partial charge in [-0.15, -0.1) is 5.10 Å². The first-order valence-electron chi connectivity index (χ1n) is 7.02. The average Bonchev–Trinajstić information content (AvgIpc) is 2.86. The summed E-state index contributed by atoms with van der Waals surface area (Å²) in [5, 5.41) is 8.27. The largest absolute Gasteiger partial charge is 0.497 e. The standard InChI is InChI=1S/C15H22N4O2/c1-11(2)9-19-15(14(8-16)17-18-19)10-21-13-6-4-5-12(7-13)20-3/h4-7,11H,8-10,16H2,1-3H3. The third-order valence-corrected chi connectivity index (χ3v) is 3.07. The minimum atomic E-state index is 0.356. The molecule has 0 bridgehead atoms. The topological polar surface area (TPSA) is 75.2 Å². The minimum absolute atomic E-state index is 0.356. The third-order valence-electron chi connectivity index (χ3n) is 3.07. The van der Waals surface area contributed by atoms with Gasteiger partial charge in [-0.25, -0.2) is 4.68 Å². The second-order valence-corrected chi connectivity index (χ2v) is 5.23. The van der Waals surface area contributed by atoms with Gasteiger partial charge in [0, 0.05) is 19.2 Å². The highest BCUT2D eigenvalue weighted by Gasteiger charge is 2.13. The number of methoxy groups -OCH3 is 1. The molecule has 0 aliphatic rings. The van der Waals surface area contributed by atoms with Crippen molar-refractivity contribution in [2.24, 2.45) is 11.7 Å². The lowest BCUT2D eigenvalue weighted by atomic mass is 10.2. The molecule has 1 aromatic carbocycles. The molecule has 0 saturated heterocycles. The fourth-order valence-electron chi connectivity index (χ4n) is 2.02. The Bertz CT molecular complexity index is 581. The minimum Gasteiger partial charge on any atom is -0.497 e. The van der Waals surface area contributed by atoms with Gasteiger partial charge in [-0.2, -0.15) is 0 Å². The zero-order chi connectivity index (χ0) is 15.2. The van der Waals surface area contributed by atoms with Crippen LogP contribution in [0.4, 0.5) is 0 Å². The van der Waals surface area contributed by atoms with Gasteiger partial charge < -0.3 is 15.2 Å². The Morgan fingerprint density at radius 1 is 1.29 bits per heavy atom. The molecule has 0 aliphatic carbocycles. The van der Waals surface area contributed by atoms with Crippen molar-refractivity contribution in [1.82, 2.24) is 15.0 Å². The molecule has 2 rings (SSSR count). The van der Waals surface area contributed by atoms with Crippen molar-refractivity contribution in [3.8, 4) is 11.5 Å². The predicted octanol–water partition coefficient (Wildman–Crippen LogP) is 1.98. The molecule has 1 heterocycles. The van der Waals surface area contributed by atoms with E-state index in [0.717, 1.165) is 29.4 Å². The molecule has 21 heavy (non-hydrogen) atoms. The van der Waals surface area contributed by atoms with Crippen LogP contribution in [-0.4, -0.2) is 22.1 Å². The quantitative estimate of drug-likeness (QED) is 0.844.